The first kappa shape index (κ1) is 12.9. The number of thioether (sulfide) groups is 1. The molecule has 3 rings (SSSR count). The van der Waals surface area contributed by atoms with Gasteiger partial charge in [0.15, 0.2) is 0 Å². The Labute approximate surface area is 119 Å². The smallest absolute Gasteiger partial charge is 0.213 e. The number of rotatable bonds is 2. The van der Waals surface area contributed by atoms with E-state index in [1.807, 2.05) is 4.68 Å². The number of allylic oxidation sites excluding steroid dienone is 1. The van der Waals surface area contributed by atoms with Crippen molar-refractivity contribution in [2.24, 2.45) is 0 Å². The van der Waals surface area contributed by atoms with Crippen molar-refractivity contribution >= 4 is 16.7 Å². The Bertz CT molecular complexity index is 729. The molecule has 0 fully saturated rings. The average molecular weight is 286 g/mol. The van der Waals surface area contributed by atoms with Crippen molar-refractivity contribution in [2.75, 3.05) is 0 Å². The van der Waals surface area contributed by atoms with E-state index < -0.39 is 5.95 Å². The molecule has 0 saturated carbocycles. The van der Waals surface area contributed by atoms with Crippen LogP contribution in [0.4, 0.5) is 4.39 Å². The minimum Gasteiger partial charge on any atom is -0.260 e. The molecule has 3 heterocycles. The third kappa shape index (κ3) is 2.21. The van der Waals surface area contributed by atoms with Crippen LogP contribution in [0.1, 0.15) is 30.6 Å². The van der Waals surface area contributed by atoms with Gasteiger partial charge in [-0.25, -0.2) is 4.98 Å². The molecule has 4 nitrogen and oxygen atoms in total. The van der Waals surface area contributed by atoms with Crippen LogP contribution in [0.2, 0.25) is 0 Å². The number of nitrogens with zero attached hydrogens (tertiary/aromatic N) is 4. The van der Waals surface area contributed by atoms with Gasteiger partial charge in [0.25, 0.3) is 0 Å². The topological polar surface area (TPSA) is 54.5 Å². The molecule has 0 amide bonds. The van der Waals surface area contributed by atoms with Gasteiger partial charge in [0.2, 0.25) is 5.95 Å². The van der Waals surface area contributed by atoms with Gasteiger partial charge in [0.05, 0.1) is 23.5 Å². The molecule has 1 aliphatic rings. The molecule has 0 saturated heterocycles. The highest BCUT2D eigenvalue weighted by Gasteiger charge is 2.23. The Balaban J connectivity index is 2.00. The van der Waals surface area contributed by atoms with Crippen LogP contribution in [0.15, 0.2) is 35.5 Å². The standard InChI is InChI=1S/C14H11FN4S/c1-9-5-6-11(14-10(7-16)8-17-19(9)14)20-13-4-2-3-12(15)18-13/h2-4,6,8-9H,5H2,1H3. The monoisotopic (exact) mass is 286 g/mol. The van der Waals surface area contributed by atoms with Crippen LogP contribution >= 0.6 is 11.8 Å². The van der Waals surface area contributed by atoms with Gasteiger partial charge in [-0.1, -0.05) is 23.9 Å². The van der Waals surface area contributed by atoms with Gasteiger partial charge in [0.1, 0.15) is 11.1 Å². The number of fused-ring (bicyclic) bond motifs is 1. The van der Waals surface area contributed by atoms with Crippen molar-refractivity contribution in [3.05, 3.63) is 47.7 Å². The predicted molar refractivity (Wildman–Crippen MR) is 74.3 cm³/mol. The van der Waals surface area contributed by atoms with Crippen LogP contribution in [0.25, 0.3) is 4.91 Å². The number of hydrogen-bond acceptors (Lipinski definition) is 4. The lowest BCUT2D eigenvalue weighted by Crippen LogP contribution is -2.13. The summed E-state index contributed by atoms with van der Waals surface area (Å²) in [5.74, 6) is -0.506. The van der Waals surface area contributed by atoms with Crippen molar-refractivity contribution < 1.29 is 4.39 Å². The van der Waals surface area contributed by atoms with Crippen LogP contribution in [0.3, 0.4) is 0 Å². The van der Waals surface area contributed by atoms with Crippen LogP contribution in [0, 0.1) is 17.3 Å². The van der Waals surface area contributed by atoms with Gasteiger partial charge in [0, 0.05) is 4.91 Å². The van der Waals surface area contributed by atoms with Gasteiger partial charge >= 0.3 is 0 Å². The lowest BCUT2D eigenvalue weighted by molar-refractivity contribution is 0.485. The molecule has 100 valence electrons. The second kappa shape index (κ2) is 5.10. The van der Waals surface area contributed by atoms with Crippen molar-refractivity contribution in [1.82, 2.24) is 14.8 Å². The van der Waals surface area contributed by atoms with E-state index in [2.05, 4.69) is 29.2 Å². The third-order valence-electron chi connectivity index (χ3n) is 3.12. The maximum atomic E-state index is 13.2. The molecule has 1 aliphatic heterocycles. The summed E-state index contributed by atoms with van der Waals surface area (Å²) in [6.45, 7) is 2.05. The Morgan fingerprint density at radius 2 is 2.35 bits per heavy atom. The number of hydrogen-bond donors (Lipinski definition) is 0. The minimum atomic E-state index is -0.506. The number of pyridine rings is 1. The second-order valence-corrected chi connectivity index (χ2v) is 5.58. The molecule has 0 aromatic carbocycles. The first-order valence-electron chi connectivity index (χ1n) is 6.17. The number of halogens is 1. The van der Waals surface area contributed by atoms with Gasteiger partial charge in [-0.3, -0.25) is 4.68 Å². The average Bonchev–Trinajstić information content (AvgIpc) is 2.87. The quantitative estimate of drug-likeness (QED) is 0.794. The lowest BCUT2D eigenvalue weighted by atomic mass is 10.1. The lowest BCUT2D eigenvalue weighted by Gasteiger charge is -2.21. The fourth-order valence-corrected chi connectivity index (χ4v) is 3.13. The normalized spacial score (nSPS) is 17.2. The molecular formula is C14H11FN4S. The molecule has 0 bridgehead atoms. The second-order valence-electron chi connectivity index (χ2n) is 4.52. The summed E-state index contributed by atoms with van der Waals surface area (Å²) in [4.78, 5) is 4.74. The van der Waals surface area contributed by atoms with Crippen molar-refractivity contribution in [3.8, 4) is 6.07 Å². The molecule has 1 unspecified atom stereocenters. The summed E-state index contributed by atoms with van der Waals surface area (Å²) < 4.78 is 15.0. The van der Waals surface area contributed by atoms with Gasteiger partial charge in [-0.05, 0) is 25.5 Å². The zero-order valence-electron chi connectivity index (χ0n) is 10.7. The van der Waals surface area contributed by atoms with E-state index in [-0.39, 0.29) is 6.04 Å². The van der Waals surface area contributed by atoms with Crippen LogP contribution in [-0.4, -0.2) is 14.8 Å². The third-order valence-corrected chi connectivity index (χ3v) is 4.13. The van der Waals surface area contributed by atoms with Crippen molar-refractivity contribution in [2.45, 2.75) is 24.4 Å². The first-order valence-corrected chi connectivity index (χ1v) is 6.99. The van der Waals surface area contributed by atoms with E-state index in [0.717, 1.165) is 17.0 Å². The van der Waals surface area contributed by atoms with E-state index in [1.54, 1.807) is 18.3 Å². The Kier molecular flexibility index (Phi) is 3.28. The molecule has 6 heteroatoms. The molecule has 20 heavy (non-hydrogen) atoms. The SMILES string of the molecule is CC1CC=C(Sc2cccc(F)n2)c2c(C#N)cnn21. The predicted octanol–water partition coefficient (Wildman–Crippen LogP) is 3.39. The highest BCUT2D eigenvalue weighted by atomic mass is 32.2. The van der Waals surface area contributed by atoms with Gasteiger partial charge < -0.3 is 0 Å². The van der Waals surface area contributed by atoms with E-state index in [4.69, 9.17) is 0 Å². The molecule has 0 N–H and O–H groups in total. The van der Waals surface area contributed by atoms with Crippen LogP contribution in [0.5, 0.6) is 0 Å². The molecule has 0 radical (unpaired) electrons. The molecule has 0 aliphatic carbocycles. The summed E-state index contributed by atoms with van der Waals surface area (Å²) in [5, 5.41) is 14.0. The Morgan fingerprint density at radius 3 is 3.10 bits per heavy atom. The summed E-state index contributed by atoms with van der Waals surface area (Å²) in [6, 6.07) is 7.06. The molecule has 2 aromatic heterocycles. The number of nitriles is 1. The summed E-state index contributed by atoms with van der Waals surface area (Å²) in [6.07, 6.45) is 4.46. The summed E-state index contributed by atoms with van der Waals surface area (Å²) in [7, 11) is 0. The van der Waals surface area contributed by atoms with E-state index in [9.17, 15) is 9.65 Å². The summed E-state index contributed by atoms with van der Waals surface area (Å²) >= 11 is 1.36. The zero-order chi connectivity index (χ0) is 14.1. The molecule has 2 aromatic rings. The maximum absolute atomic E-state index is 13.2. The zero-order valence-corrected chi connectivity index (χ0v) is 11.6. The number of aromatic nitrogens is 3. The molecule has 1 atom stereocenters. The van der Waals surface area contributed by atoms with E-state index in [0.29, 0.717) is 10.6 Å². The van der Waals surface area contributed by atoms with Gasteiger partial charge in [-0.15, -0.1) is 0 Å². The van der Waals surface area contributed by atoms with Crippen LogP contribution in [-0.2, 0) is 0 Å². The van der Waals surface area contributed by atoms with Crippen molar-refractivity contribution in [1.29, 1.82) is 5.26 Å². The minimum absolute atomic E-state index is 0.219. The largest absolute Gasteiger partial charge is 0.260 e. The Morgan fingerprint density at radius 1 is 1.50 bits per heavy atom. The molecular weight excluding hydrogens is 275 g/mol. The molecule has 0 spiro atoms. The van der Waals surface area contributed by atoms with Crippen LogP contribution < -0.4 is 0 Å². The first-order chi connectivity index (χ1) is 9.69. The van der Waals surface area contributed by atoms with Crippen molar-refractivity contribution in [3.63, 3.8) is 0 Å². The van der Waals surface area contributed by atoms with Gasteiger partial charge in [-0.2, -0.15) is 14.8 Å². The maximum Gasteiger partial charge on any atom is 0.213 e. The highest BCUT2D eigenvalue weighted by molar-refractivity contribution is 8.08. The Hall–Kier alpha value is -2.13. The highest BCUT2D eigenvalue weighted by Crippen LogP contribution is 2.39. The van der Waals surface area contributed by atoms with E-state index >= 15 is 0 Å². The van der Waals surface area contributed by atoms with E-state index in [1.165, 1.54) is 17.8 Å². The summed E-state index contributed by atoms with van der Waals surface area (Å²) in [5.41, 5.74) is 1.33. The fourth-order valence-electron chi connectivity index (χ4n) is 2.15. The fraction of sp³-hybridized carbons (Fsp3) is 0.214.